The molecular formula is C30H38O4. The predicted octanol–water partition coefficient (Wildman–Crippen LogP) is 7.69. The van der Waals surface area contributed by atoms with Gasteiger partial charge < -0.3 is 9.84 Å². The van der Waals surface area contributed by atoms with Crippen molar-refractivity contribution >= 4 is 11.9 Å². The van der Waals surface area contributed by atoms with Crippen molar-refractivity contribution in [1.82, 2.24) is 0 Å². The Morgan fingerprint density at radius 2 is 1.29 bits per heavy atom. The topological polar surface area (TPSA) is 63.6 Å². The van der Waals surface area contributed by atoms with E-state index in [-0.39, 0.29) is 24.7 Å². The van der Waals surface area contributed by atoms with E-state index in [0.29, 0.717) is 17.6 Å². The molecule has 0 saturated heterocycles. The summed E-state index contributed by atoms with van der Waals surface area (Å²) in [5.74, 6) is -0.114. The van der Waals surface area contributed by atoms with Gasteiger partial charge in [-0.1, -0.05) is 96.1 Å². The fourth-order valence-corrected chi connectivity index (χ4v) is 3.61. The van der Waals surface area contributed by atoms with E-state index in [1.54, 1.807) is 0 Å². The number of benzene rings is 2. The third kappa shape index (κ3) is 8.66. The molecular weight excluding hydrogens is 424 g/mol. The van der Waals surface area contributed by atoms with Crippen molar-refractivity contribution in [2.24, 2.45) is 0 Å². The molecule has 2 rings (SSSR count). The average molecular weight is 463 g/mol. The zero-order valence-electron chi connectivity index (χ0n) is 21.2. The second-order valence-electron chi connectivity index (χ2n) is 9.52. The molecule has 0 heterocycles. The highest BCUT2D eigenvalue weighted by Gasteiger charge is 2.12. The minimum Gasteiger partial charge on any atom is -0.481 e. The number of esters is 1. The molecule has 4 heteroatoms. The first kappa shape index (κ1) is 27.1. The first-order valence-electron chi connectivity index (χ1n) is 12.1. The van der Waals surface area contributed by atoms with Crippen LogP contribution < -0.4 is 0 Å². The molecule has 0 amide bonds. The van der Waals surface area contributed by atoms with Crippen LogP contribution in [-0.2, 0) is 14.3 Å². The smallest absolute Gasteiger partial charge is 0.311 e. The third-order valence-corrected chi connectivity index (χ3v) is 5.94. The highest BCUT2D eigenvalue weighted by atomic mass is 16.5. The lowest BCUT2D eigenvalue weighted by Crippen LogP contribution is -2.07. The fourth-order valence-electron chi connectivity index (χ4n) is 3.61. The van der Waals surface area contributed by atoms with Gasteiger partial charge >= 0.3 is 11.9 Å². The second-order valence-corrected chi connectivity index (χ2v) is 9.52. The molecule has 4 nitrogen and oxygen atoms in total. The molecule has 1 N–H and O–H groups in total. The van der Waals surface area contributed by atoms with Crippen LogP contribution in [-0.4, -0.2) is 17.0 Å². The minimum atomic E-state index is -1.02. The van der Waals surface area contributed by atoms with E-state index >= 15 is 0 Å². The van der Waals surface area contributed by atoms with Gasteiger partial charge in [-0.2, -0.15) is 0 Å². The summed E-state index contributed by atoms with van der Waals surface area (Å²) in [6, 6.07) is 16.9. The Bertz CT molecular complexity index is 1030. The van der Waals surface area contributed by atoms with Crippen LogP contribution in [0.4, 0.5) is 0 Å². The van der Waals surface area contributed by atoms with Gasteiger partial charge in [0, 0.05) is 5.92 Å². The van der Waals surface area contributed by atoms with Gasteiger partial charge in [0.05, 0.1) is 12.8 Å². The monoisotopic (exact) mass is 462 g/mol. The molecule has 0 fully saturated rings. The summed E-state index contributed by atoms with van der Waals surface area (Å²) in [7, 11) is 0. The number of hydrogen-bond acceptors (Lipinski definition) is 3. The number of hydrogen-bond donors (Lipinski definition) is 1. The summed E-state index contributed by atoms with van der Waals surface area (Å²) in [6.45, 7) is 12.8. The van der Waals surface area contributed by atoms with E-state index in [2.05, 4.69) is 84.0 Å². The van der Waals surface area contributed by atoms with Crippen molar-refractivity contribution in [1.29, 1.82) is 0 Å². The highest BCUT2D eigenvalue weighted by molar-refractivity contribution is 5.77. The van der Waals surface area contributed by atoms with Crippen molar-refractivity contribution in [2.45, 2.75) is 78.1 Å². The molecule has 0 aliphatic rings. The first-order chi connectivity index (χ1) is 16.1. The Morgan fingerprint density at radius 1 is 0.794 bits per heavy atom. The third-order valence-electron chi connectivity index (χ3n) is 5.94. The van der Waals surface area contributed by atoms with E-state index in [9.17, 15) is 9.59 Å². The standard InChI is InChI=1S/C30H38O4/c1-20(2)24-9-7-11-26(18-24)22(5)13-14-28(34-30(33)16-15-29(31)32)17-23(6)27-12-8-10-25(19-27)21(3)4/h7-14,17-23H,15-16H2,1-6H3,(H,31,32). The van der Waals surface area contributed by atoms with E-state index in [1.165, 1.54) is 16.7 Å². The van der Waals surface area contributed by atoms with Crippen LogP contribution in [0.3, 0.4) is 0 Å². The molecule has 0 aliphatic carbocycles. The van der Waals surface area contributed by atoms with Crippen LogP contribution in [0.1, 0.15) is 100 Å². The molecule has 0 aromatic heterocycles. The van der Waals surface area contributed by atoms with Crippen LogP contribution in [0.25, 0.3) is 0 Å². The molecule has 2 aromatic carbocycles. The normalized spacial score (nSPS) is 13.9. The summed E-state index contributed by atoms with van der Waals surface area (Å²) in [6.07, 6.45) is 5.36. The SMILES string of the molecule is CC(C)c1cccc(C(C)C=CC(=CC(C)c2cccc(C(C)C)c2)OC(=O)CCC(=O)O)c1. The minimum absolute atomic E-state index is 0.0187. The zero-order valence-corrected chi connectivity index (χ0v) is 21.2. The van der Waals surface area contributed by atoms with Gasteiger partial charge in [0.2, 0.25) is 0 Å². The van der Waals surface area contributed by atoms with Gasteiger partial charge in [-0.15, -0.1) is 0 Å². The van der Waals surface area contributed by atoms with Gasteiger partial charge in [0.1, 0.15) is 5.76 Å². The van der Waals surface area contributed by atoms with Crippen molar-refractivity contribution in [3.8, 4) is 0 Å². The highest BCUT2D eigenvalue weighted by Crippen LogP contribution is 2.26. The Kier molecular flexibility index (Phi) is 10.3. The summed E-state index contributed by atoms with van der Waals surface area (Å²) in [5.41, 5.74) is 4.87. The lowest BCUT2D eigenvalue weighted by molar-refractivity contribution is -0.144. The number of rotatable bonds is 11. The maximum Gasteiger partial charge on any atom is 0.311 e. The Morgan fingerprint density at radius 3 is 1.79 bits per heavy atom. The molecule has 182 valence electrons. The quantitative estimate of drug-likeness (QED) is 0.211. The van der Waals surface area contributed by atoms with Crippen molar-refractivity contribution < 1.29 is 19.4 Å². The Balaban J connectivity index is 2.29. The van der Waals surface area contributed by atoms with Crippen molar-refractivity contribution in [2.75, 3.05) is 0 Å². The van der Waals surface area contributed by atoms with E-state index in [1.807, 2.05) is 24.3 Å². The molecule has 0 aliphatic heterocycles. The number of ether oxygens (including phenoxy) is 1. The van der Waals surface area contributed by atoms with Gasteiger partial charge in [-0.05, 0) is 52.2 Å². The molecule has 0 spiro atoms. The maximum absolute atomic E-state index is 12.3. The van der Waals surface area contributed by atoms with Gasteiger partial charge in [-0.25, -0.2) is 0 Å². The maximum atomic E-state index is 12.3. The predicted molar refractivity (Wildman–Crippen MR) is 138 cm³/mol. The molecule has 34 heavy (non-hydrogen) atoms. The van der Waals surface area contributed by atoms with Crippen molar-refractivity contribution in [3.05, 3.63) is 94.8 Å². The first-order valence-corrected chi connectivity index (χ1v) is 12.1. The van der Waals surface area contributed by atoms with E-state index in [4.69, 9.17) is 9.84 Å². The number of aliphatic carboxylic acids is 1. The van der Waals surface area contributed by atoms with E-state index < -0.39 is 11.9 Å². The van der Waals surface area contributed by atoms with Crippen LogP contribution in [0.2, 0.25) is 0 Å². The number of carboxylic acids is 1. The largest absolute Gasteiger partial charge is 0.481 e. The van der Waals surface area contributed by atoms with Crippen LogP contribution >= 0.6 is 0 Å². The van der Waals surface area contributed by atoms with Crippen LogP contribution in [0.15, 0.2) is 72.5 Å². The number of carboxylic acid groups (broad SMARTS) is 1. The molecule has 2 unspecified atom stereocenters. The molecule has 0 radical (unpaired) electrons. The molecule has 2 aromatic rings. The van der Waals surface area contributed by atoms with E-state index in [0.717, 1.165) is 5.56 Å². The van der Waals surface area contributed by atoms with Gasteiger partial charge in [0.15, 0.2) is 0 Å². The van der Waals surface area contributed by atoms with Crippen LogP contribution in [0.5, 0.6) is 0 Å². The lowest BCUT2D eigenvalue weighted by atomic mass is 9.93. The number of carbonyl (C=O) groups excluding carboxylic acids is 1. The summed E-state index contributed by atoms with van der Waals surface area (Å²) >= 11 is 0. The van der Waals surface area contributed by atoms with Crippen LogP contribution in [0, 0.1) is 0 Å². The second kappa shape index (κ2) is 12.9. The Hall–Kier alpha value is -3.14. The number of carbonyl (C=O) groups is 2. The van der Waals surface area contributed by atoms with Gasteiger partial charge in [-0.3, -0.25) is 9.59 Å². The zero-order chi connectivity index (χ0) is 25.3. The summed E-state index contributed by atoms with van der Waals surface area (Å²) in [5, 5.41) is 8.89. The summed E-state index contributed by atoms with van der Waals surface area (Å²) < 4.78 is 5.59. The molecule has 2 atom stereocenters. The lowest BCUT2D eigenvalue weighted by Gasteiger charge is -2.14. The number of allylic oxidation sites excluding steroid dienone is 3. The fraction of sp³-hybridized carbons (Fsp3) is 0.400. The molecule has 0 saturated carbocycles. The molecule has 0 bridgehead atoms. The average Bonchev–Trinajstić information content (AvgIpc) is 2.81. The summed E-state index contributed by atoms with van der Waals surface area (Å²) in [4.78, 5) is 23.1. The van der Waals surface area contributed by atoms with Gasteiger partial charge in [0.25, 0.3) is 0 Å². The Labute approximate surface area is 204 Å². The van der Waals surface area contributed by atoms with Crippen molar-refractivity contribution in [3.63, 3.8) is 0 Å².